The van der Waals surface area contributed by atoms with Crippen molar-refractivity contribution in [2.45, 2.75) is 19.5 Å². The number of nitrogens with one attached hydrogen (secondary N) is 2. The van der Waals surface area contributed by atoms with Gasteiger partial charge in [-0.15, -0.1) is 0 Å². The van der Waals surface area contributed by atoms with Crippen LogP contribution in [0.1, 0.15) is 16.8 Å². The van der Waals surface area contributed by atoms with Crippen LogP contribution in [0, 0.1) is 4.77 Å². The van der Waals surface area contributed by atoms with Crippen molar-refractivity contribution < 1.29 is 5.11 Å². The lowest BCUT2D eigenvalue weighted by atomic mass is 10.1. The van der Waals surface area contributed by atoms with E-state index in [2.05, 4.69) is 14.9 Å². The summed E-state index contributed by atoms with van der Waals surface area (Å²) in [7, 11) is 0. The number of hydrogen-bond acceptors (Lipinski definition) is 4. The van der Waals surface area contributed by atoms with Gasteiger partial charge in [-0.05, 0) is 24.7 Å². The Balaban J connectivity index is 1.84. The van der Waals surface area contributed by atoms with Gasteiger partial charge < -0.3 is 10.1 Å². The molecule has 3 N–H and O–H groups in total. The summed E-state index contributed by atoms with van der Waals surface area (Å²) in [6.07, 6.45) is 0.685. The van der Waals surface area contributed by atoms with Crippen molar-refractivity contribution in [1.82, 2.24) is 14.9 Å². The van der Waals surface area contributed by atoms with E-state index < -0.39 is 0 Å². The number of para-hydroxylation sites is 1. The summed E-state index contributed by atoms with van der Waals surface area (Å²) in [5, 5.41) is 9.82. The summed E-state index contributed by atoms with van der Waals surface area (Å²) < 4.78 is 0.359. The van der Waals surface area contributed by atoms with Gasteiger partial charge in [-0.1, -0.05) is 18.2 Å². The molecule has 0 amide bonds. The molecule has 1 aromatic heterocycles. The summed E-state index contributed by atoms with van der Waals surface area (Å²) >= 11 is 5.00. The molecular formula is C14H15N3O2S. The average Bonchev–Trinajstić information content (AvgIpc) is 2.41. The fraction of sp³-hybridized carbons (Fsp3) is 0.286. The molecule has 0 saturated carbocycles. The zero-order chi connectivity index (χ0) is 14.1. The summed E-state index contributed by atoms with van der Waals surface area (Å²) in [5.41, 5.74) is 2.46. The van der Waals surface area contributed by atoms with Gasteiger partial charge in [0.1, 0.15) is 5.75 Å². The van der Waals surface area contributed by atoms with Crippen molar-refractivity contribution in [1.29, 1.82) is 0 Å². The molecule has 0 bridgehead atoms. The SMILES string of the molecule is O=c1[nH]c(=S)[nH]c2c1CCN(Cc1ccccc1O)C2. The molecule has 104 valence electrons. The maximum atomic E-state index is 11.8. The van der Waals surface area contributed by atoms with E-state index in [0.717, 1.165) is 23.4 Å². The van der Waals surface area contributed by atoms with Crippen LogP contribution in [0.4, 0.5) is 0 Å². The number of aromatic nitrogens is 2. The number of benzene rings is 1. The lowest BCUT2D eigenvalue weighted by Crippen LogP contribution is -2.34. The van der Waals surface area contributed by atoms with Crippen LogP contribution in [0.15, 0.2) is 29.1 Å². The molecule has 20 heavy (non-hydrogen) atoms. The third-order valence-electron chi connectivity index (χ3n) is 3.58. The van der Waals surface area contributed by atoms with Gasteiger partial charge in [-0.25, -0.2) is 0 Å². The Bertz CT molecular complexity index is 751. The van der Waals surface area contributed by atoms with E-state index in [9.17, 15) is 9.90 Å². The molecule has 5 nitrogen and oxygen atoms in total. The van der Waals surface area contributed by atoms with Gasteiger partial charge >= 0.3 is 0 Å². The fourth-order valence-electron chi connectivity index (χ4n) is 2.55. The van der Waals surface area contributed by atoms with Crippen LogP contribution in [0.25, 0.3) is 0 Å². The van der Waals surface area contributed by atoms with Crippen molar-refractivity contribution >= 4 is 12.2 Å². The molecule has 0 spiro atoms. The van der Waals surface area contributed by atoms with Crippen LogP contribution in [0.2, 0.25) is 0 Å². The van der Waals surface area contributed by atoms with E-state index in [1.54, 1.807) is 12.1 Å². The zero-order valence-electron chi connectivity index (χ0n) is 10.8. The van der Waals surface area contributed by atoms with Crippen LogP contribution in [-0.4, -0.2) is 26.5 Å². The van der Waals surface area contributed by atoms with Gasteiger partial charge in [-0.3, -0.25) is 14.7 Å². The number of rotatable bonds is 2. The highest BCUT2D eigenvalue weighted by atomic mass is 32.1. The molecule has 0 fully saturated rings. The highest BCUT2D eigenvalue weighted by Crippen LogP contribution is 2.21. The van der Waals surface area contributed by atoms with Gasteiger partial charge in [0.25, 0.3) is 5.56 Å². The van der Waals surface area contributed by atoms with E-state index in [-0.39, 0.29) is 5.56 Å². The number of fused-ring (bicyclic) bond motifs is 1. The van der Waals surface area contributed by atoms with Crippen molar-refractivity contribution in [3.05, 3.63) is 56.2 Å². The standard InChI is InChI=1S/C14H15N3O2S/c18-12-4-2-1-3-9(12)7-17-6-5-10-11(8-17)15-14(20)16-13(10)19/h1-4,18H,5-8H2,(H2,15,16,19,20). The lowest BCUT2D eigenvalue weighted by molar-refractivity contribution is 0.237. The molecule has 0 saturated heterocycles. The molecule has 2 aromatic rings. The second kappa shape index (κ2) is 5.22. The zero-order valence-corrected chi connectivity index (χ0v) is 11.7. The molecule has 0 atom stereocenters. The third-order valence-corrected chi connectivity index (χ3v) is 3.78. The van der Waals surface area contributed by atoms with Crippen molar-refractivity contribution in [3.63, 3.8) is 0 Å². The van der Waals surface area contributed by atoms with Gasteiger partial charge in [0.05, 0.1) is 0 Å². The Morgan fingerprint density at radius 3 is 2.90 bits per heavy atom. The van der Waals surface area contributed by atoms with Crippen LogP contribution in [-0.2, 0) is 19.5 Å². The van der Waals surface area contributed by atoms with Gasteiger partial charge in [0.2, 0.25) is 0 Å². The smallest absolute Gasteiger partial charge is 0.255 e. The quantitative estimate of drug-likeness (QED) is 0.736. The Morgan fingerprint density at radius 1 is 1.30 bits per heavy atom. The monoisotopic (exact) mass is 289 g/mol. The van der Waals surface area contributed by atoms with Gasteiger partial charge in [0.15, 0.2) is 4.77 Å². The van der Waals surface area contributed by atoms with Crippen molar-refractivity contribution in [3.8, 4) is 5.75 Å². The Hall–Kier alpha value is -1.92. The van der Waals surface area contributed by atoms with Crippen LogP contribution in [0.3, 0.4) is 0 Å². The number of aromatic hydroxyl groups is 1. The first kappa shape index (κ1) is 13.1. The molecule has 0 unspecified atom stereocenters. The highest BCUT2D eigenvalue weighted by molar-refractivity contribution is 7.71. The maximum Gasteiger partial charge on any atom is 0.255 e. The topological polar surface area (TPSA) is 72.1 Å². The van der Waals surface area contributed by atoms with Gasteiger partial charge in [-0.2, -0.15) is 0 Å². The summed E-state index contributed by atoms with van der Waals surface area (Å²) in [6.45, 7) is 2.08. The maximum absolute atomic E-state index is 11.8. The molecule has 1 aromatic carbocycles. The fourth-order valence-corrected chi connectivity index (χ4v) is 2.77. The predicted octanol–water partition coefficient (Wildman–Crippen LogP) is 1.70. The number of aromatic amines is 2. The second-order valence-corrected chi connectivity index (χ2v) is 5.36. The largest absolute Gasteiger partial charge is 0.508 e. The van der Waals surface area contributed by atoms with E-state index in [1.165, 1.54) is 0 Å². The number of phenolic OH excluding ortho intramolecular Hbond substituents is 1. The molecule has 2 heterocycles. The number of nitrogens with zero attached hydrogens (tertiary/aromatic N) is 1. The Morgan fingerprint density at radius 2 is 2.10 bits per heavy atom. The highest BCUT2D eigenvalue weighted by Gasteiger charge is 2.20. The van der Waals surface area contributed by atoms with Crippen molar-refractivity contribution in [2.24, 2.45) is 0 Å². The second-order valence-electron chi connectivity index (χ2n) is 4.95. The summed E-state index contributed by atoms with van der Waals surface area (Å²) in [5.74, 6) is 0.303. The molecule has 0 radical (unpaired) electrons. The Kier molecular flexibility index (Phi) is 3.42. The average molecular weight is 289 g/mol. The van der Waals surface area contributed by atoms with Crippen LogP contribution in [0.5, 0.6) is 5.75 Å². The molecule has 0 aliphatic carbocycles. The minimum absolute atomic E-state index is 0.0917. The van der Waals surface area contributed by atoms with E-state index in [0.29, 0.717) is 30.0 Å². The minimum Gasteiger partial charge on any atom is -0.508 e. The molecule has 3 rings (SSSR count). The van der Waals surface area contributed by atoms with Crippen molar-refractivity contribution in [2.75, 3.05) is 6.54 Å². The predicted molar refractivity (Wildman–Crippen MR) is 78.2 cm³/mol. The summed E-state index contributed by atoms with van der Waals surface area (Å²) in [6, 6.07) is 7.31. The minimum atomic E-state index is -0.0917. The van der Waals surface area contributed by atoms with E-state index in [4.69, 9.17) is 12.2 Å². The summed E-state index contributed by atoms with van der Waals surface area (Å²) in [4.78, 5) is 19.7. The third kappa shape index (κ3) is 2.52. The molecular weight excluding hydrogens is 274 g/mol. The molecule has 1 aliphatic heterocycles. The number of H-pyrrole nitrogens is 2. The molecule has 1 aliphatic rings. The molecule has 6 heteroatoms. The first-order valence-corrected chi connectivity index (χ1v) is 6.88. The first-order chi connectivity index (χ1) is 9.63. The van der Waals surface area contributed by atoms with E-state index in [1.807, 2.05) is 12.1 Å². The van der Waals surface area contributed by atoms with E-state index >= 15 is 0 Å². The Labute approximate surface area is 120 Å². The number of hydrogen-bond donors (Lipinski definition) is 3. The van der Waals surface area contributed by atoms with Gasteiger partial charge in [0, 0.05) is 36.5 Å². The van der Waals surface area contributed by atoms with Crippen LogP contribution >= 0.6 is 12.2 Å². The van der Waals surface area contributed by atoms with Crippen LogP contribution < -0.4 is 5.56 Å². The normalized spacial score (nSPS) is 15.0. The number of phenols is 1. The lowest BCUT2D eigenvalue weighted by Gasteiger charge is -2.28. The first-order valence-electron chi connectivity index (χ1n) is 6.47.